The van der Waals surface area contributed by atoms with Crippen molar-refractivity contribution in [3.05, 3.63) is 0 Å². The molecule has 1 aliphatic heterocycles. The van der Waals surface area contributed by atoms with Crippen molar-refractivity contribution in [3.63, 3.8) is 0 Å². The molecular weight excluding hydrogens is 348 g/mol. The van der Waals surface area contributed by atoms with Crippen LogP contribution in [0.5, 0.6) is 0 Å². The van der Waals surface area contributed by atoms with E-state index in [1.54, 1.807) is 13.8 Å². The molecule has 1 fully saturated rings. The quantitative estimate of drug-likeness (QED) is 0.461. The summed E-state index contributed by atoms with van der Waals surface area (Å²) in [6.45, 7) is 6.09. The van der Waals surface area contributed by atoms with Crippen LogP contribution in [0.3, 0.4) is 0 Å². The van der Waals surface area contributed by atoms with E-state index in [4.69, 9.17) is 9.47 Å². The van der Waals surface area contributed by atoms with Gasteiger partial charge in [0.15, 0.2) is 11.2 Å². The Bertz CT molecular complexity index is 509. The van der Waals surface area contributed by atoms with Gasteiger partial charge < -0.3 is 20.1 Å². The summed E-state index contributed by atoms with van der Waals surface area (Å²) in [6.07, 6.45) is -0.351. The molecule has 0 aromatic heterocycles. The molecule has 0 unspecified atom stereocenters. The molecule has 0 spiro atoms. The highest BCUT2D eigenvalue weighted by Crippen LogP contribution is 2.28. The largest absolute Gasteiger partial charge is 0.509 e. The van der Waals surface area contributed by atoms with Crippen molar-refractivity contribution in [3.8, 4) is 0 Å². The number of carbonyl (C=O) groups is 4. The highest BCUT2D eigenvalue weighted by molar-refractivity contribution is 8.13. The van der Waals surface area contributed by atoms with Gasteiger partial charge in [-0.05, 0) is 6.42 Å². The molecule has 0 aliphatic carbocycles. The molecular formula is C16H26N2O6S. The summed E-state index contributed by atoms with van der Waals surface area (Å²) in [4.78, 5) is 46.3. The number of ether oxygens (including phenoxy) is 2. The van der Waals surface area contributed by atoms with Gasteiger partial charge in [0.25, 0.3) is 5.91 Å². The van der Waals surface area contributed by atoms with E-state index in [2.05, 4.69) is 10.6 Å². The van der Waals surface area contributed by atoms with Crippen LogP contribution in [-0.4, -0.2) is 54.6 Å². The zero-order valence-corrected chi connectivity index (χ0v) is 15.7. The maximum atomic E-state index is 12.1. The number of thioether (sulfide) groups is 1. The molecule has 1 saturated heterocycles. The fourth-order valence-corrected chi connectivity index (χ4v) is 2.91. The maximum absolute atomic E-state index is 12.1. The first-order valence-corrected chi connectivity index (χ1v) is 9.28. The van der Waals surface area contributed by atoms with E-state index in [1.165, 1.54) is 11.8 Å². The molecule has 0 aromatic carbocycles. The third kappa shape index (κ3) is 7.76. The Morgan fingerprint density at radius 1 is 1.20 bits per heavy atom. The molecule has 2 amide bonds. The molecule has 1 heterocycles. The number of nitrogens with one attached hydrogen (secondary N) is 2. The highest BCUT2D eigenvalue weighted by atomic mass is 32.2. The van der Waals surface area contributed by atoms with Gasteiger partial charge >= 0.3 is 6.16 Å². The molecule has 1 atom stereocenters. The van der Waals surface area contributed by atoms with Gasteiger partial charge in [-0.25, -0.2) is 4.79 Å². The number of hydrogen-bond acceptors (Lipinski definition) is 7. The number of hydrogen-bond donors (Lipinski definition) is 2. The van der Waals surface area contributed by atoms with Crippen molar-refractivity contribution in [2.45, 2.75) is 46.1 Å². The predicted octanol–water partition coefficient (Wildman–Crippen LogP) is 1.23. The van der Waals surface area contributed by atoms with Crippen molar-refractivity contribution in [2.24, 2.45) is 5.41 Å². The van der Waals surface area contributed by atoms with Crippen LogP contribution in [0.4, 0.5) is 4.79 Å². The Kier molecular flexibility index (Phi) is 8.74. The lowest BCUT2D eigenvalue weighted by molar-refractivity contribution is -0.149. The van der Waals surface area contributed by atoms with Gasteiger partial charge in [-0.15, -0.1) is 0 Å². The molecule has 2 N–H and O–H groups in total. The second kappa shape index (κ2) is 10.3. The van der Waals surface area contributed by atoms with Gasteiger partial charge in [0.1, 0.15) is 6.61 Å². The van der Waals surface area contributed by atoms with Crippen LogP contribution >= 0.6 is 11.8 Å². The van der Waals surface area contributed by atoms with Crippen LogP contribution in [0.2, 0.25) is 0 Å². The first-order valence-electron chi connectivity index (χ1n) is 8.29. The summed E-state index contributed by atoms with van der Waals surface area (Å²) in [7, 11) is 0. The Morgan fingerprint density at radius 3 is 2.60 bits per heavy atom. The standard InChI is InChI=1S/C16H26N2O6S/c1-4-5-12(20)25-9-8-17-11(19)6-7-18-14(21)13-16(2,3)10-23-15(22)24-13/h13H,4-10H2,1-3H3,(H,17,19)(H,18,21)/t13-/m0/s1. The van der Waals surface area contributed by atoms with Crippen LogP contribution < -0.4 is 10.6 Å². The lowest BCUT2D eigenvalue weighted by atomic mass is 9.86. The third-order valence-electron chi connectivity index (χ3n) is 3.52. The van der Waals surface area contributed by atoms with Gasteiger partial charge in [0.05, 0.1) is 0 Å². The SMILES string of the molecule is CCCC(=O)SCCNC(=O)CCNC(=O)[C@@H]1OC(=O)OCC1(C)C. The highest BCUT2D eigenvalue weighted by Gasteiger charge is 2.43. The molecule has 25 heavy (non-hydrogen) atoms. The van der Waals surface area contributed by atoms with E-state index in [-0.39, 0.29) is 30.6 Å². The lowest BCUT2D eigenvalue weighted by Gasteiger charge is -2.35. The average Bonchev–Trinajstić information content (AvgIpc) is 2.54. The minimum absolute atomic E-state index is 0.0961. The van der Waals surface area contributed by atoms with Crippen molar-refractivity contribution >= 4 is 34.8 Å². The van der Waals surface area contributed by atoms with Crippen LogP contribution in [0.25, 0.3) is 0 Å². The first kappa shape index (κ1) is 21.3. The van der Waals surface area contributed by atoms with Crippen molar-refractivity contribution in [2.75, 3.05) is 25.4 Å². The second-order valence-electron chi connectivity index (χ2n) is 6.39. The fraction of sp³-hybridized carbons (Fsp3) is 0.750. The Balaban J connectivity index is 2.21. The van der Waals surface area contributed by atoms with Gasteiger partial charge in [0.2, 0.25) is 5.91 Å². The first-order chi connectivity index (χ1) is 11.8. The summed E-state index contributed by atoms with van der Waals surface area (Å²) in [5, 5.41) is 5.40. The smallest absolute Gasteiger partial charge is 0.434 e. The predicted molar refractivity (Wildman–Crippen MR) is 93.0 cm³/mol. The van der Waals surface area contributed by atoms with E-state index >= 15 is 0 Å². The molecule has 0 radical (unpaired) electrons. The Labute approximate surface area is 151 Å². The van der Waals surface area contributed by atoms with E-state index in [1.807, 2.05) is 6.92 Å². The van der Waals surface area contributed by atoms with Crippen LogP contribution in [-0.2, 0) is 23.9 Å². The van der Waals surface area contributed by atoms with E-state index < -0.39 is 23.6 Å². The number of amides is 2. The number of rotatable bonds is 9. The molecule has 0 bridgehead atoms. The molecule has 1 rings (SSSR count). The summed E-state index contributed by atoms with van der Waals surface area (Å²) in [5.41, 5.74) is -0.636. The van der Waals surface area contributed by atoms with Crippen molar-refractivity contribution < 1.29 is 28.7 Å². The minimum Gasteiger partial charge on any atom is -0.434 e. The maximum Gasteiger partial charge on any atom is 0.509 e. The minimum atomic E-state index is -0.946. The fourth-order valence-electron chi connectivity index (χ4n) is 2.13. The van der Waals surface area contributed by atoms with Crippen LogP contribution in [0, 0.1) is 5.41 Å². The summed E-state index contributed by atoms with van der Waals surface area (Å²) >= 11 is 1.21. The van der Waals surface area contributed by atoms with Crippen molar-refractivity contribution in [1.29, 1.82) is 0 Å². The zero-order valence-electron chi connectivity index (χ0n) is 14.9. The van der Waals surface area contributed by atoms with Crippen LogP contribution in [0.1, 0.15) is 40.0 Å². The number of carbonyl (C=O) groups excluding carboxylic acids is 4. The Hall–Kier alpha value is -1.77. The molecule has 9 heteroatoms. The van der Waals surface area contributed by atoms with Crippen molar-refractivity contribution in [1.82, 2.24) is 10.6 Å². The lowest BCUT2D eigenvalue weighted by Crippen LogP contribution is -2.52. The van der Waals surface area contributed by atoms with E-state index in [0.717, 1.165) is 6.42 Å². The topological polar surface area (TPSA) is 111 Å². The monoisotopic (exact) mass is 374 g/mol. The van der Waals surface area contributed by atoms with Gasteiger partial charge in [-0.2, -0.15) is 0 Å². The normalized spacial score (nSPS) is 18.7. The molecule has 142 valence electrons. The number of cyclic esters (lactones) is 2. The average molecular weight is 374 g/mol. The summed E-state index contributed by atoms with van der Waals surface area (Å²) in [6, 6.07) is 0. The zero-order chi connectivity index (χ0) is 18.9. The summed E-state index contributed by atoms with van der Waals surface area (Å²) in [5.74, 6) is -0.134. The van der Waals surface area contributed by atoms with Gasteiger partial charge in [-0.1, -0.05) is 32.5 Å². The molecule has 1 aliphatic rings. The van der Waals surface area contributed by atoms with E-state index in [9.17, 15) is 19.2 Å². The van der Waals surface area contributed by atoms with Crippen LogP contribution in [0.15, 0.2) is 0 Å². The van der Waals surface area contributed by atoms with E-state index in [0.29, 0.717) is 18.7 Å². The van der Waals surface area contributed by atoms with Gasteiger partial charge in [0, 0.05) is 37.1 Å². The summed E-state index contributed by atoms with van der Waals surface area (Å²) < 4.78 is 9.71. The third-order valence-corrected chi connectivity index (χ3v) is 4.45. The Morgan fingerprint density at radius 2 is 1.92 bits per heavy atom. The molecule has 0 aromatic rings. The molecule has 8 nitrogen and oxygen atoms in total. The molecule has 0 saturated carbocycles. The van der Waals surface area contributed by atoms with Gasteiger partial charge in [-0.3, -0.25) is 14.4 Å². The second-order valence-corrected chi connectivity index (χ2v) is 7.54.